The van der Waals surface area contributed by atoms with E-state index < -0.39 is 5.97 Å². The number of fused-ring (bicyclic) bond motifs is 1. The molecule has 1 amide bonds. The summed E-state index contributed by atoms with van der Waals surface area (Å²) in [4.78, 5) is 30.4. The molecule has 0 unspecified atom stereocenters. The van der Waals surface area contributed by atoms with Crippen LogP contribution in [-0.2, 0) is 17.6 Å². The quantitative estimate of drug-likeness (QED) is 0.827. The third-order valence-corrected chi connectivity index (χ3v) is 6.38. The molecule has 142 valence electrons. The number of benzene rings is 1. The number of carbonyl (C=O) groups excluding carboxylic acids is 1. The van der Waals surface area contributed by atoms with Gasteiger partial charge in [-0.25, -0.2) is 4.98 Å². The van der Waals surface area contributed by atoms with Crippen molar-refractivity contribution < 1.29 is 14.7 Å². The highest BCUT2D eigenvalue weighted by Crippen LogP contribution is 2.28. The van der Waals surface area contributed by atoms with Gasteiger partial charge in [0.1, 0.15) is 4.88 Å². The number of carbonyl (C=O) groups is 2. The number of anilines is 1. The van der Waals surface area contributed by atoms with E-state index in [9.17, 15) is 9.59 Å². The topological polar surface area (TPSA) is 82.5 Å². The van der Waals surface area contributed by atoms with Gasteiger partial charge in [0.15, 0.2) is 5.13 Å². The minimum absolute atomic E-state index is 0.00373. The average Bonchev–Trinajstić information content (AvgIpc) is 3.28. The summed E-state index contributed by atoms with van der Waals surface area (Å²) in [6.07, 6.45) is 5.32. The summed E-state index contributed by atoms with van der Waals surface area (Å²) in [7, 11) is 0. The van der Waals surface area contributed by atoms with Crippen LogP contribution in [0.4, 0.5) is 5.13 Å². The SMILES string of the molecule is O=C(O)CC1CCN(C(=O)c2cnc(NC3Cc4ccccc4C3)s2)CC1. The normalized spacial score (nSPS) is 17.7. The van der Waals surface area contributed by atoms with E-state index in [1.807, 2.05) is 4.90 Å². The van der Waals surface area contributed by atoms with Gasteiger partial charge in [-0.1, -0.05) is 35.6 Å². The molecule has 0 spiro atoms. The number of likely N-dealkylation sites (tertiary alicyclic amines) is 1. The number of aromatic nitrogens is 1. The Morgan fingerprint density at radius 3 is 2.48 bits per heavy atom. The first kappa shape index (κ1) is 18.0. The highest BCUT2D eigenvalue weighted by Gasteiger charge is 2.27. The largest absolute Gasteiger partial charge is 0.481 e. The maximum atomic E-state index is 12.7. The number of nitrogens with zero attached hydrogens (tertiary/aromatic N) is 2. The molecule has 2 heterocycles. The molecule has 27 heavy (non-hydrogen) atoms. The van der Waals surface area contributed by atoms with Crippen molar-refractivity contribution in [2.24, 2.45) is 5.92 Å². The molecular formula is C20H23N3O3S. The fourth-order valence-corrected chi connectivity index (χ4v) is 4.88. The van der Waals surface area contributed by atoms with Gasteiger partial charge in [-0.3, -0.25) is 9.59 Å². The molecule has 0 atom stereocenters. The van der Waals surface area contributed by atoms with Gasteiger partial charge in [0.25, 0.3) is 5.91 Å². The molecule has 1 saturated heterocycles. The molecule has 2 aromatic rings. The van der Waals surface area contributed by atoms with E-state index in [-0.39, 0.29) is 18.2 Å². The van der Waals surface area contributed by atoms with Gasteiger partial charge in [-0.15, -0.1) is 0 Å². The molecule has 1 aliphatic carbocycles. The number of thiazole rings is 1. The van der Waals surface area contributed by atoms with Crippen LogP contribution < -0.4 is 5.32 Å². The summed E-state index contributed by atoms with van der Waals surface area (Å²) in [5, 5.41) is 13.2. The maximum absolute atomic E-state index is 12.7. The monoisotopic (exact) mass is 385 g/mol. The number of amides is 1. The van der Waals surface area contributed by atoms with Crippen LogP contribution in [0.15, 0.2) is 30.5 Å². The van der Waals surface area contributed by atoms with Gasteiger partial charge < -0.3 is 15.3 Å². The molecule has 1 aliphatic heterocycles. The first-order chi connectivity index (χ1) is 13.1. The predicted molar refractivity (Wildman–Crippen MR) is 104 cm³/mol. The van der Waals surface area contributed by atoms with Gasteiger partial charge in [-0.2, -0.15) is 0 Å². The van der Waals surface area contributed by atoms with Gasteiger partial charge in [0, 0.05) is 25.6 Å². The molecule has 1 fully saturated rings. The first-order valence-corrected chi connectivity index (χ1v) is 10.2. The Labute approximate surface area is 162 Å². The van der Waals surface area contributed by atoms with Crippen LogP contribution in [-0.4, -0.2) is 46.0 Å². The summed E-state index contributed by atoms with van der Waals surface area (Å²) >= 11 is 1.40. The lowest BCUT2D eigenvalue weighted by Crippen LogP contribution is -2.38. The summed E-state index contributed by atoms with van der Waals surface area (Å²) in [5.41, 5.74) is 2.76. The summed E-state index contributed by atoms with van der Waals surface area (Å²) in [6, 6.07) is 8.80. The van der Waals surface area contributed by atoms with Gasteiger partial charge in [0.05, 0.1) is 6.20 Å². The smallest absolute Gasteiger partial charge is 0.303 e. The Morgan fingerprint density at radius 2 is 1.85 bits per heavy atom. The fourth-order valence-electron chi connectivity index (χ4n) is 4.02. The van der Waals surface area contributed by atoms with E-state index in [0.717, 1.165) is 30.8 Å². The van der Waals surface area contributed by atoms with Crippen molar-refractivity contribution in [3.05, 3.63) is 46.5 Å². The number of aliphatic carboxylic acids is 1. The van der Waals surface area contributed by atoms with E-state index in [0.29, 0.717) is 24.0 Å². The standard InChI is InChI=1S/C20H23N3O3S/c24-18(25)9-13-5-7-23(8-6-13)19(26)17-12-21-20(27-17)22-16-10-14-3-1-2-4-15(14)11-16/h1-4,12-13,16H,5-11H2,(H,21,22)(H,24,25). The zero-order valence-electron chi connectivity index (χ0n) is 15.1. The predicted octanol–water partition coefficient (Wildman–Crippen LogP) is 3.05. The minimum atomic E-state index is -0.757. The fraction of sp³-hybridized carbons (Fsp3) is 0.450. The first-order valence-electron chi connectivity index (χ1n) is 9.38. The molecule has 4 rings (SSSR count). The lowest BCUT2D eigenvalue weighted by atomic mass is 9.93. The number of carboxylic acid groups (broad SMARTS) is 1. The van der Waals surface area contributed by atoms with Crippen molar-refractivity contribution in [1.29, 1.82) is 0 Å². The van der Waals surface area contributed by atoms with Crippen molar-refractivity contribution in [3.63, 3.8) is 0 Å². The average molecular weight is 385 g/mol. The lowest BCUT2D eigenvalue weighted by molar-refractivity contribution is -0.138. The summed E-state index contributed by atoms with van der Waals surface area (Å²) in [5.74, 6) is -0.578. The summed E-state index contributed by atoms with van der Waals surface area (Å²) < 4.78 is 0. The van der Waals surface area contributed by atoms with E-state index in [1.165, 1.54) is 22.5 Å². The number of nitrogens with one attached hydrogen (secondary N) is 1. The highest BCUT2D eigenvalue weighted by atomic mass is 32.1. The molecule has 0 radical (unpaired) electrons. The second-order valence-corrected chi connectivity index (χ2v) is 8.41. The molecule has 0 saturated carbocycles. The van der Waals surface area contributed by atoms with Crippen LogP contribution in [0.3, 0.4) is 0 Å². The van der Waals surface area contributed by atoms with E-state index in [2.05, 4.69) is 34.6 Å². The highest BCUT2D eigenvalue weighted by molar-refractivity contribution is 7.17. The third kappa shape index (κ3) is 4.13. The Balaban J connectivity index is 1.32. The van der Waals surface area contributed by atoms with Gasteiger partial charge >= 0.3 is 5.97 Å². The number of rotatable bonds is 5. The summed E-state index contributed by atoms with van der Waals surface area (Å²) in [6.45, 7) is 1.24. The van der Waals surface area contributed by atoms with Crippen molar-refractivity contribution >= 4 is 28.3 Å². The number of piperidine rings is 1. The van der Waals surface area contributed by atoms with Gasteiger partial charge in [0.2, 0.25) is 0 Å². The second-order valence-electron chi connectivity index (χ2n) is 7.38. The van der Waals surface area contributed by atoms with E-state index >= 15 is 0 Å². The molecule has 1 aromatic carbocycles. The van der Waals surface area contributed by atoms with Crippen LogP contribution in [0, 0.1) is 5.92 Å². The number of hydrogen-bond acceptors (Lipinski definition) is 5. The van der Waals surface area contributed by atoms with Gasteiger partial charge in [-0.05, 0) is 42.7 Å². The molecule has 2 N–H and O–H groups in total. The number of hydrogen-bond donors (Lipinski definition) is 2. The minimum Gasteiger partial charge on any atom is -0.481 e. The lowest BCUT2D eigenvalue weighted by Gasteiger charge is -2.30. The Hall–Kier alpha value is -2.41. The Morgan fingerprint density at radius 1 is 1.19 bits per heavy atom. The van der Waals surface area contributed by atoms with Crippen LogP contribution in [0.1, 0.15) is 40.1 Å². The molecule has 1 aromatic heterocycles. The molecule has 0 bridgehead atoms. The Bertz CT molecular complexity index is 818. The van der Waals surface area contributed by atoms with E-state index in [4.69, 9.17) is 5.11 Å². The molecule has 2 aliphatic rings. The molecule has 6 nitrogen and oxygen atoms in total. The van der Waals surface area contributed by atoms with E-state index in [1.54, 1.807) is 6.20 Å². The molecule has 7 heteroatoms. The zero-order chi connectivity index (χ0) is 18.8. The number of carboxylic acids is 1. The Kier molecular flexibility index (Phi) is 5.11. The second kappa shape index (κ2) is 7.68. The van der Waals surface area contributed by atoms with Crippen LogP contribution in [0.25, 0.3) is 0 Å². The van der Waals surface area contributed by atoms with Crippen LogP contribution in [0.2, 0.25) is 0 Å². The van der Waals surface area contributed by atoms with Crippen LogP contribution >= 0.6 is 11.3 Å². The zero-order valence-corrected chi connectivity index (χ0v) is 15.9. The van der Waals surface area contributed by atoms with Crippen molar-refractivity contribution in [1.82, 2.24) is 9.88 Å². The van der Waals surface area contributed by atoms with Crippen molar-refractivity contribution in [2.75, 3.05) is 18.4 Å². The molecular weight excluding hydrogens is 362 g/mol. The third-order valence-electron chi connectivity index (χ3n) is 5.46. The maximum Gasteiger partial charge on any atom is 0.303 e. The van der Waals surface area contributed by atoms with Crippen molar-refractivity contribution in [2.45, 2.75) is 38.1 Å². The van der Waals surface area contributed by atoms with Crippen LogP contribution in [0.5, 0.6) is 0 Å². The van der Waals surface area contributed by atoms with Crippen molar-refractivity contribution in [3.8, 4) is 0 Å².